The lowest BCUT2D eigenvalue weighted by molar-refractivity contribution is -0.136. The number of ether oxygens (including phenoxy) is 3. The van der Waals surface area contributed by atoms with Crippen LogP contribution >= 0.6 is 0 Å². The first-order chi connectivity index (χ1) is 13.5. The molecule has 1 saturated heterocycles. The third kappa shape index (κ3) is 5.25. The van der Waals surface area contributed by atoms with Crippen LogP contribution in [0.2, 0.25) is 0 Å². The maximum Gasteiger partial charge on any atom is 0.260 e. The highest BCUT2D eigenvalue weighted by Gasteiger charge is 2.25. The lowest BCUT2D eigenvalue weighted by atomic mass is 10.1. The van der Waals surface area contributed by atoms with Gasteiger partial charge in [-0.1, -0.05) is 6.07 Å². The number of carbonyl (C=O) groups excluding carboxylic acids is 1. The van der Waals surface area contributed by atoms with Crippen molar-refractivity contribution in [1.29, 1.82) is 0 Å². The predicted octanol–water partition coefficient (Wildman–Crippen LogP) is 2.00. The first-order valence-electron chi connectivity index (χ1n) is 9.27. The summed E-state index contributed by atoms with van der Waals surface area (Å²) in [7, 11) is 5.40. The summed E-state index contributed by atoms with van der Waals surface area (Å²) in [6.45, 7) is 1.19. The summed E-state index contributed by atoms with van der Waals surface area (Å²) < 4.78 is 16.7. The minimum absolute atomic E-state index is 0.0166. The molecule has 8 nitrogen and oxygen atoms in total. The molecule has 28 heavy (non-hydrogen) atoms. The summed E-state index contributed by atoms with van der Waals surface area (Å²) in [5, 5.41) is 8.22. The van der Waals surface area contributed by atoms with Crippen molar-refractivity contribution in [2.24, 2.45) is 0 Å². The molecule has 1 unspecified atom stereocenters. The molecule has 1 amide bonds. The molecule has 1 aromatic carbocycles. The zero-order chi connectivity index (χ0) is 19.9. The second-order valence-corrected chi connectivity index (χ2v) is 6.81. The largest absolute Gasteiger partial charge is 0.497 e. The number of benzene rings is 1. The Morgan fingerprint density at radius 2 is 2.04 bits per heavy atom. The lowest BCUT2D eigenvalue weighted by Crippen LogP contribution is -2.46. The van der Waals surface area contributed by atoms with Gasteiger partial charge in [0.05, 0.1) is 13.7 Å². The van der Waals surface area contributed by atoms with Crippen LogP contribution in [-0.2, 0) is 4.79 Å². The standard InChI is InChI=1S/C20H26N4O4/c1-23(2)18-9-10-19(22-21-18)28-17-8-5-11-24(13-17)20(25)14-27-16-7-4-6-15(12-16)26-3/h4,6-7,9-10,12,17H,5,8,11,13-14H2,1-3H3. The van der Waals surface area contributed by atoms with E-state index in [0.29, 0.717) is 30.5 Å². The number of amides is 1. The summed E-state index contributed by atoms with van der Waals surface area (Å²) in [6.07, 6.45) is 1.64. The number of hydrogen-bond donors (Lipinski definition) is 0. The highest BCUT2D eigenvalue weighted by atomic mass is 16.5. The molecule has 1 atom stereocenters. The van der Waals surface area contributed by atoms with Gasteiger partial charge in [0.25, 0.3) is 5.91 Å². The Bertz CT molecular complexity index is 782. The molecular formula is C20H26N4O4. The van der Waals surface area contributed by atoms with Crippen LogP contribution in [0.1, 0.15) is 12.8 Å². The van der Waals surface area contributed by atoms with Crippen molar-refractivity contribution in [3.05, 3.63) is 36.4 Å². The van der Waals surface area contributed by atoms with Crippen molar-refractivity contribution in [3.8, 4) is 17.4 Å². The minimum atomic E-state index is -0.103. The molecular weight excluding hydrogens is 360 g/mol. The maximum absolute atomic E-state index is 12.5. The first kappa shape index (κ1) is 19.7. The summed E-state index contributed by atoms with van der Waals surface area (Å²) in [5.74, 6) is 2.47. The van der Waals surface area contributed by atoms with Crippen LogP contribution in [0.25, 0.3) is 0 Å². The molecule has 2 heterocycles. The van der Waals surface area contributed by atoms with E-state index in [1.807, 2.05) is 37.2 Å². The van der Waals surface area contributed by atoms with Crippen LogP contribution in [0, 0.1) is 0 Å². The highest BCUT2D eigenvalue weighted by Crippen LogP contribution is 2.20. The smallest absolute Gasteiger partial charge is 0.260 e. The highest BCUT2D eigenvalue weighted by molar-refractivity contribution is 5.78. The van der Waals surface area contributed by atoms with Gasteiger partial charge >= 0.3 is 0 Å². The van der Waals surface area contributed by atoms with Gasteiger partial charge in [0.15, 0.2) is 12.4 Å². The molecule has 3 rings (SSSR count). The van der Waals surface area contributed by atoms with Crippen molar-refractivity contribution < 1.29 is 19.0 Å². The number of carbonyl (C=O) groups is 1. The third-order valence-corrected chi connectivity index (χ3v) is 4.51. The SMILES string of the molecule is COc1cccc(OCC(=O)N2CCCC(Oc3ccc(N(C)C)nn3)C2)c1. The molecule has 1 aliphatic rings. The second-order valence-electron chi connectivity index (χ2n) is 6.81. The normalized spacial score (nSPS) is 16.4. The molecule has 1 aliphatic heterocycles. The zero-order valence-electron chi connectivity index (χ0n) is 16.5. The lowest BCUT2D eigenvalue weighted by Gasteiger charge is -2.32. The second kappa shape index (κ2) is 9.25. The monoisotopic (exact) mass is 386 g/mol. The average molecular weight is 386 g/mol. The third-order valence-electron chi connectivity index (χ3n) is 4.51. The fourth-order valence-electron chi connectivity index (χ4n) is 2.97. The number of likely N-dealkylation sites (tertiary alicyclic amines) is 1. The zero-order valence-corrected chi connectivity index (χ0v) is 16.5. The maximum atomic E-state index is 12.5. The Morgan fingerprint density at radius 3 is 2.75 bits per heavy atom. The Labute approximate surface area is 165 Å². The first-order valence-corrected chi connectivity index (χ1v) is 9.27. The molecule has 8 heteroatoms. The van der Waals surface area contributed by atoms with Crippen LogP contribution in [0.4, 0.5) is 5.82 Å². The molecule has 1 aromatic heterocycles. The van der Waals surface area contributed by atoms with Gasteiger partial charge in [-0.05, 0) is 31.0 Å². The van der Waals surface area contributed by atoms with E-state index in [0.717, 1.165) is 18.7 Å². The minimum Gasteiger partial charge on any atom is -0.497 e. The van der Waals surface area contributed by atoms with E-state index in [2.05, 4.69) is 10.2 Å². The Balaban J connectivity index is 1.51. The van der Waals surface area contributed by atoms with Gasteiger partial charge in [-0.25, -0.2) is 0 Å². The summed E-state index contributed by atoms with van der Waals surface area (Å²) in [6, 6.07) is 10.9. The van der Waals surface area contributed by atoms with Gasteiger partial charge in [0.2, 0.25) is 5.88 Å². The molecule has 150 valence electrons. The Morgan fingerprint density at radius 1 is 1.21 bits per heavy atom. The van der Waals surface area contributed by atoms with Crippen LogP contribution in [0.3, 0.4) is 0 Å². The summed E-state index contributed by atoms with van der Waals surface area (Å²) in [5.41, 5.74) is 0. The van der Waals surface area contributed by atoms with E-state index >= 15 is 0 Å². The van der Waals surface area contributed by atoms with Gasteiger partial charge in [0, 0.05) is 32.8 Å². The van der Waals surface area contributed by atoms with Gasteiger partial charge in [-0.15, -0.1) is 10.2 Å². The predicted molar refractivity (Wildman–Crippen MR) is 105 cm³/mol. The summed E-state index contributed by atoms with van der Waals surface area (Å²) in [4.78, 5) is 16.2. The van der Waals surface area contributed by atoms with Crippen molar-refractivity contribution >= 4 is 11.7 Å². The van der Waals surface area contributed by atoms with E-state index in [9.17, 15) is 4.79 Å². The van der Waals surface area contributed by atoms with Gasteiger partial charge < -0.3 is 24.0 Å². The summed E-state index contributed by atoms with van der Waals surface area (Å²) >= 11 is 0. The fraction of sp³-hybridized carbons (Fsp3) is 0.450. The number of methoxy groups -OCH3 is 1. The van der Waals surface area contributed by atoms with Gasteiger partial charge in [-0.3, -0.25) is 4.79 Å². The van der Waals surface area contributed by atoms with Crippen LogP contribution in [0.15, 0.2) is 36.4 Å². The fourth-order valence-corrected chi connectivity index (χ4v) is 2.97. The molecule has 0 N–H and O–H groups in total. The molecule has 0 radical (unpaired) electrons. The van der Waals surface area contributed by atoms with Crippen molar-refractivity contribution in [3.63, 3.8) is 0 Å². The van der Waals surface area contributed by atoms with Crippen molar-refractivity contribution in [1.82, 2.24) is 15.1 Å². The number of rotatable bonds is 7. The van der Waals surface area contributed by atoms with E-state index in [1.54, 1.807) is 30.2 Å². The molecule has 0 spiro atoms. The number of nitrogens with zero attached hydrogens (tertiary/aromatic N) is 4. The number of hydrogen-bond acceptors (Lipinski definition) is 7. The molecule has 2 aromatic rings. The van der Waals surface area contributed by atoms with Crippen LogP contribution in [0.5, 0.6) is 17.4 Å². The van der Waals surface area contributed by atoms with E-state index in [4.69, 9.17) is 14.2 Å². The number of anilines is 1. The molecule has 0 aliphatic carbocycles. The average Bonchev–Trinajstić information content (AvgIpc) is 2.72. The number of piperidine rings is 1. The van der Waals surface area contributed by atoms with Gasteiger partial charge in [-0.2, -0.15) is 0 Å². The topological polar surface area (TPSA) is 77.0 Å². The van der Waals surface area contributed by atoms with E-state index in [-0.39, 0.29) is 18.6 Å². The van der Waals surface area contributed by atoms with E-state index < -0.39 is 0 Å². The van der Waals surface area contributed by atoms with Crippen LogP contribution in [-0.4, -0.2) is 68.0 Å². The Kier molecular flexibility index (Phi) is 6.52. The molecule has 0 saturated carbocycles. The number of aromatic nitrogens is 2. The van der Waals surface area contributed by atoms with Crippen molar-refractivity contribution in [2.45, 2.75) is 18.9 Å². The van der Waals surface area contributed by atoms with Crippen molar-refractivity contribution in [2.75, 3.05) is 45.8 Å². The van der Waals surface area contributed by atoms with Gasteiger partial charge in [0.1, 0.15) is 17.6 Å². The molecule has 1 fully saturated rings. The quantitative estimate of drug-likeness (QED) is 0.720. The van der Waals surface area contributed by atoms with E-state index in [1.165, 1.54) is 0 Å². The van der Waals surface area contributed by atoms with Crippen LogP contribution < -0.4 is 19.1 Å². The molecule has 0 bridgehead atoms. The Hall–Kier alpha value is -3.03.